The third-order valence-corrected chi connectivity index (χ3v) is 3.65. The van der Waals surface area contributed by atoms with Gasteiger partial charge in [0, 0.05) is 19.2 Å². The zero-order chi connectivity index (χ0) is 14.1. The lowest BCUT2D eigenvalue weighted by atomic mass is 10.2. The van der Waals surface area contributed by atoms with Gasteiger partial charge in [0.1, 0.15) is 10.8 Å². The zero-order valence-corrected chi connectivity index (χ0v) is 11.8. The van der Waals surface area contributed by atoms with Gasteiger partial charge in [-0.2, -0.15) is 5.10 Å². The van der Waals surface area contributed by atoms with Crippen LogP contribution >= 0.6 is 12.2 Å². The predicted molar refractivity (Wildman–Crippen MR) is 78.7 cm³/mol. The van der Waals surface area contributed by atoms with Gasteiger partial charge in [-0.15, -0.1) is 0 Å². The molecule has 0 saturated heterocycles. The van der Waals surface area contributed by atoms with Gasteiger partial charge in [-0.1, -0.05) is 12.2 Å². The molecule has 0 unspecified atom stereocenters. The molecular weight excluding hydrogens is 274 g/mol. The average Bonchev–Trinajstić information content (AvgIpc) is 2.76. The number of rotatable bonds is 3. The molecule has 0 aromatic carbocycles. The van der Waals surface area contributed by atoms with Crippen molar-refractivity contribution in [2.45, 2.75) is 32.4 Å². The first-order chi connectivity index (χ1) is 9.65. The molecule has 7 heteroatoms. The molecule has 1 aliphatic rings. The molecule has 6 nitrogen and oxygen atoms in total. The molecule has 0 spiro atoms. The van der Waals surface area contributed by atoms with Crippen molar-refractivity contribution in [2.24, 2.45) is 5.73 Å². The van der Waals surface area contributed by atoms with Crippen LogP contribution in [0.25, 0.3) is 0 Å². The smallest absolute Gasteiger partial charge is 0.346 e. The molecule has 2 aromatic rings. The minimum absolute atomic E-state index is 0.0478. The van der Waals surface area contributed by atoms with Gasteiger partial charge in [0.25, 0.3) is 0 Å². The molecule has 0 bridgehead atoms. The number of thiocarbonyl (C=S) groups is 1. The van der Waals surface area contributed by atoms with Crippen LogP contribution < -0.4 is 11.4 Å². The van der Waals surface area contributed by atoms with Crippen molar-refractivity contribution in [3.05, 3.63) is 45.9 Å². The molecule has 2 N–H and O–H groups in total. The Morgan fingerprint density at radius 1 is 1.45 bits per heavy atom. The van der Waals surface area contributed by atoms with E-state index in [0.717, 1.165) is 37.2 Å². The normalized spacial score (nSPS) is 14.0. The van der Waals surface area contributed by atoms with Crippen LogP contribution in [-0.2, 0) is 19.5 Å². The molecule has 2 aromatic heterocycles. The van der Waals surface area contributed by atoms with E-state index in [-0.39, 0.29) is 10.7 Å². The number of aromatic nitrogens is 4. The molecule has 0 saturated carbocycles. The van der Waals surface area contributed by atoms with E-state index in [2.05, 4.69) is 10.1 Å². The van der Waals surface area contributed by atoms with Crippen LogP contribution in [-0.4, -0.2) is 24.3 Å². The standard InChI is InChI=1S/C13H15N5OS/c14-12(20)10-7-9(4-5-15-10)8-18-13(19)17-6-2-1-3-11(17)16-18/h4-5,7H,1-3,6,8H2,(H2,14,20). The van der Waals surface area contributed by atoms with Crippen molar-refractivity contribution < 1.29 is 0 Å². The number of fused-ring (bicyclic) bond motifs is 1. The quantitative estimate of drug-likeness (QED) is 0.830. The number of nitrogens with two attached hydrogens (primary N) is 1. The van der Waals surface area contributed by atoms with Crippen LogP contribution in [0.1, 0.15) is 29.9 Å². The molecule has 104 valence electrons. The van der Waals surface area contributed by atoms with Crippen LogP contribution in [0.4, 0.5) is 0 Å². The summed E-state index contributed by atoms with van der Waals surface area (Å²) in [6, 6.07) is 3.64. The Labute approximate surface area is 121 Å². The summed E-state index contributed by atoms with van der Waals surface area (Å²) >= 11 is 4.91. The van der Waals surface area contributed by atoms with Gasteiger partial charge in [-0.25, -0.2) is 9.48 Å². The van der Waals surface area contributed by atoms with Crippen LogP contribution in [0.5, 0.6) is 0 Å². The first kappa shape index (κ1) is 13.0. The second-order valence-electron chi connectivity index (χ2n) is 4.88. The van der Waals surface area contributed by atoms with Gasteiger partial charge in [-0.3, -0.25) is 9.55 Å². The van der Waals surface area contributed by atoms with Gasteiger partial charge in [0.2, 0.25) is 0 Å². The lowest BCUT2D eigenvalue weighted by molar-refractivity contribution is 0.511. The molecule has 0 amide bonds. The number of hydrogen-bond acceptors (Lipinski definition) is 4. The molecule has 3 heterocycles. The van der Waals surface area contributed by atoms with Crippen molar-refractivity contribution >= 4 is 17.2 Å². The Kier molecular flexibility index (Phi) is 3.35. The molecule has 0 atom stereocenters. The van der Waals surface area contributed by atoms with E-state index in [1.165, 1.54) is 4.68 Å². The fraction of sp³-hybridized carbons (Fsp3) is 0.385. The third-order valence-electron chi connectivity index (χ3n) is 3.44. The van der Waals surface area contributed by atoms with Crippen LogP contribution in [0, 0.1) is 0 Å². The van der Waals surface area contributed by atoms with E-state index in [1.54, 1.807) is 16.8 Å². The molecular formula is C13H15N5OS. The molecule has 0 fully saturated rings. The van der Waals surface area contributed by atoms with Gasteiger partial charge in [0.05, 0.1) is 12.2 Å². The second kappa shape index (κ2) is 5.16. The first-order valence-electron chi connectivity index (χ1n) is 6.56. The summed E-state index contributed by atoms with van der Waals surface area (Å²) in [6.07, 6.45) is 4.65. The topological polar surface area (TPSA) is 78.7 Å². The van der Waals surface area contributed by atoms with Crippen LogP contribution in [0.2, 0.25) is 0 Å². The van der Waals surface area contributed by atoms with Crippen LogP contribution in [0.3, 0.4) is 0 Å². The highest BCUT2D eigenvalue weighted by molar-refractivity contribution is 7.80. The summed E-state index contributed by atoms with van der Waals surface area (Å²) < 4.78 is 3.26. The Morgan fingerprint density at radius 3 is 3.05 bits per heavy atom. The monoisotopic (exact) mass is 289 g/mol. The minimum Gasteiger partial charge on any atom is -0.388 e. The van der Waals surface area contributed by atoms with Gasteiger partial charge in [-0.05, 0) is 30.5 Å². The van der Waals surface area contributed by atoms with Crippen molar-refractivity contribution in [3.63, 3.8) is 0 Å². The molecule has 0 radical (unpaired) electrons. The lowest BCUT2D eigenvalue weighted by Gasteiger charge is -2.09. The zero-order valence-electron chi connectivity index (χ0n) is 11.0. The van der Waals surface area contributed by atoms with E-state index >= 15 is 0 Å². The average molecular weight is 289 g/mol. The van der Waals surface area contributed by atoms with Gasteiger partial charge >= 0.3 is 5.69 Å². The van der Waals surface area contributed by atoms with E-state index in [9.17, 15) is 4.79 Å². The maximum absolute atomic E-state index is 12.2. The van der Waals surface area contributed by atoms with E-state index in [1.807, 2.05) is 6.07 Å². The second-order valence-corrected chi connectivity index (χ2v) is 5.32. The lowest BCUT2D eigenvalue weighted by Crippen LogP contribution is -2.27. The maximum Gasteiger partial charge on any atom is 0.346 e. The fourth-order valence-corrected chi connectivity index (χ4v) is 2.54. The predicted octanol–water partition coefficient (Wildman–Crippen LogP) is 0.459. The summed E-state index contributed by atoms with van der Waals surface area (Å²) in [5.41, 5.74) is 7.00. The van der Waals surface area contributed by atoms with Crippen LogP contribution in [0.15, 0.2) is 23.1 Å². The molecule has 1 aliphatic heterocycles. The Bertz CT molecular complexity index is 718. The highest BCUT2D eigenvalue weighted by Gasteiger charge is 2.16. The number of nitrogens with zero attached hydrogens (tertiary/aromatic N) is 4. The Morgan fingerprint density at radius 2 is 2.30 bits per heavy atom. The van der Waals surface area contributed by atoms with Crippen molar-refractivity contribution in [2.75, 3.05) is 0 Å². The number of aryl methyl sites for hydroxylation is 1. The minimum atomic E-state index is -0.0478. The van der Waals surface area contributed by atoms with E-state index < -0.39 is 0 Å². The number of pyridine rings is 1. The Hall–Kier alpha value is -2.02. The van der Waals surface area contributed by atoms with E-state index in [4.69, 9.17) is 18.0 Å². The summed E-state index contributed by atoms with van der Waals surface area (Å²) in [5, 5.41) is 4.40. The maximum atomic E-state index is 12.2. The van der Waals surface area contributed by atoms with Gasteiger partial charge in [0.15, 0.2) is 0 Å². The SMILES string of the molecule is NC(=S)c1cc(Cn2nc3n(c2=O)CCCC3)ccn1. The Balaban J connectivity index is 1.92. The molecule has 0 aliphatic carbocycles. The first-order valence-corrected chi connectivity index (χ1v) is 6.97. The van der Waals surface area contributed by atoms with Crippen molar-refractivity contribution in [1.29, 1.82) is 0 Å². The fourth-order valence-electron chi connectivity index (χ4n) is 2.43. The van der Waals surface area contributed by atoms with Gasteiger partial charge < -0.3 is 5.73 Å². The van der Waals surface area contributed by atoms with Crippen molar-refractivity contribution in [1.82, 2.24) is 19.3 Å². The largest absolute Gasteiger partial charge is 0.388 e. The summed E-state index contributed by atoms with van der Waals surface area (Å²) in [5.74, 6) is 0.880. The van der Waals surface area contributed by atoms with E-state index in [0.29, 0.717) is 12.2 Å². The summed E-state index contributed by atoms with van der Waals surface area (Å²) in [7, 11) is 0. The summed E-state index contributed by atoms with van der Waals surface area (Å²) in [6.45, 7) is 1.18. The molecule has 3 rings (SSSR count). The third kappa shape index (κ3) is 2.36. The highest BCUT2D eigenvalue weighted by Crippen LogP contribution is 2.10. The summed E-state index contributed by atoms with van der Waals surface area (Å²) in [4.78, 5) is 16.6. The van der Waals surface area contributed by atoms with Crippen molar-refractivity contribution in [3.8, 4) is 0 Å². The number of hydrogen-bond donors (Lipinski definition) is 1. The highest BCUT2D eigenvalue weighted by atomic mass is 32.1. The molecule has 20 heavy (non-hydrogen) atoms.